The van der Waals surface area contributed by atoms with Crippen LogP contribution in [0, 0.1) is 13.8 Å². The molecule has 0 saturated carbocycles. The van der Waals surface area contributed by atoms with Gasteiger partial charge in [-0.05, 0) is 79.7 Å². The monoisotopic (exact) mass is 466 g/mol. The Labute approximate surface area is 201 Å². The summed E-state index contributed by atoms with van der Waals surface area (Å²) in [5.41, 5.74) is 12.0. The van der Waals surface area contributed by atoms with Crippen LogP contribution in [0.2, 0.25) is 0 Å². The number of nitrogen functional groups attached to an aromatic ring is 1. The van der Waals surface area contributed by atoms with Gasteiger partial charge >= 0.3 is 5.97 Å². The van der Waals surface area contributed by atoms with Gasteiger partial charge in [-0.15, -0.1) is 0 Å². The van der Waals surface area contributed by atoms with E-state index in [0.29, 0.717) is 6.42 Å². The van der Waals surface area contributed by atoms with E-state index in [-0.39, 0.29) is 6.42 Å². The minimum atomic E-state index is -0.751. The van der Waals surface area contributed by atoms with E-state index in [1.165, 1.54) is 21.0 Å². The van der Waals surface area contributed by atoms with Crippen molar-refractivity contribution in [3.63, 3.8) is 0 Å². The summed E-state index contributed by atoms with van der Waals surface area (Å²) < 4.78 is 2.19. The van der Waals surface area contributed by atoms with Crippen molar-refractivity contribution in [1.29, 1.82) is 0 Å². The molecule has 5 N–H and O–H groups in total. The van der Waals surface area contributed by atoms with Crippen LogP contribution in [-0.2, 0) is 17.8 Å². The van der Waals surface area contributed by atoms with Crippen molar-refractivity contribution in [3.8, 4) is 0 Å². The molecule has 3 aromatic carbocycles. The molecule has 0 amide bonds. The first kappa shape index (κ1) is 26.3. The van der Waals surface area contributed by atoms with Gasteiger partial charge in [-0.1, -0.05) is 48.5 Å². The Kier molecular flexibility index (Phi) is 10.3. The third kappa shape index (κ3) is 8.81. The first-order valence-corrected chi connectivity index (χ1v) is 11.5. The molecule has 0 unspecified atom stereocenters. The van der Waals surface area contributed by atoms with E-state index < -0.39 is 5.97 Å². The highest BCUT2D eigenvalue weighted by Gasteiger charge is 2.07. The average Bonchev–Trinajstić information content (AvgIpc) is 2.77. The molecule has 7 heteroatoms. The maximum absolute atomic E-state index is 10.7. The van der Waals surface area contributed by atoms with E-state index >= 15 is 0 Å². The molecular formula is C26H34N4O2S. The Morgan fingerprint density at radius 2 is 1.67 bits per heavy atom. The molecule has 0 radical (unpaired) electrons. The number of carboxylic acid groups (broad SMARTS) is 1. The quantitative estimate of drug-likeness (QED) is 0.185. The summed E-state index contributed by atoms with van der Waals surface area (Å²) in [5, 5.41) is 10.3. The molecule has 6 nitrogen and oxygen atoms in total. The minimum Gasteiger partial charge on any atom is -0.481 e. The van der Waals surface area contributed by atoms with E-state index in [1.54, 1.807) is 19.0 Å². The predicted molar refractivity (Wildman–Crippen MR) is 139 cm³/mol. The van der Waals surface area contributed by atoms with Crippen LogP contribution in [0.4, 0.5) is 11.4 Å². The molecule has 176 valence electrons. The SMILES string of the molecule is Cc1ccc(CCC(=O)O)cc1CN(C)Sc1ccccc1.Cc1cccc(N(C)N)c1N. The van der Waals surface area contributed by atoms with E-state index in [9.17, 15) is 4.79 Å². The third-order valence-corrected chi connectivity index (χ3v) is 6.04. The number of anilines is 2. The average molecular weight is 467 g/mol. The van der Waals surface area contributed by atoms with E-state index in [4.69, 9.17) is 16.7 Å². The summed E-state index contributed by atoms with van der Waals surface area (Å²) in [6.45, 7) is 4.88. The van der Waals surface area contributed by atoms with Gasteiger partial charge in [0.05, 0.1) is 11.4 Å². The van der Waals surface area contributed by atoms with E-state index in [2.05, 4.69) is 42.5 Å². The van der Waals surface area contributed by atoms with Gasteiger partial charge in [-0.3, -0.25) is 4.79 Å². The van der Waals surface area contributed by atoms with Crippen LogP contribution in [0.25, 0.3) is 0 Å². The zero-order valence-electron chi connectivity index (χ0n) is 19.8. The lowest BCUT2D eigenvalue weighted by Crippen LogP contribution is -2.26. The number of nitrogens with zero attached hydrogens (tertiary/aromatic N) is 2. The van der Waals surface area contributed by atoms with Gasteiger partial charge in [0.15, 0.2) is 0 Å². The Balaban J connectivity index is 0.000000294. The van der Waals surface area contributed by atoms with Crippen molar-refractivity contribution in [2.24, 2.45) is 5.84 Å². The number of para-hydroxylation sites is 1. The minimum absolute atomic E-state index is 0.178. The van der Waals surface area contributed by atoms with Gasteiger partial charge in [0.25, 0.3) is 0 Å². The zero-order chi connectivity index (χ0) is 24.4. The first-order valence-electron chi connectivity index (χ1n) is 10.7. The molecule has 0 saturated heterocycles. The van der Waals surface area contributed by atoms with Crippen LogP contribution in [0.3, 0.4) is 0 Å². The molecule has 0 aromatic heterocycles. The number of nitrogens with two attached hydrogens (primary N) is 2. The lowest BCUT2D eigenvalue weighted by atomic mass is 10.0. The first-order chi connectivity index (χ1) is 15.7. The molecule has 0 heterocycles. The Morgan fingerprint density at radius 3 is 2.27 bits per heavy atom. The predicted octanol–water partition coefficient (Wildman–Crippen LogP) is 5.04. The number of hydrogen-bond donors (Lipinski definition) is 3. The molecule has 3 rings (SSSR count). The Hall–Kier alpha value is -3.00. The Morgan fingerprint density at radius 1 is 0.970 bits per heavy atom. The number of hydrogen-bond acceptors (Lipinski definition) is 6. The second-order valence-corrected chi connectivity index (χ2v) is 9.24. The second-order valence-electron chi connectivity index (χ2n) is 7.96. The molecule has 0 spiro atoms. The van der Waals surface area contributed by atoms with Crippen molar-refractivity contribution in [2.75, 3.05) is 24.8 Å². The molecule has 0 atom stereocenters. The summed E-state index contributed by atoms with van der Waals surface area (Å²) in [5.74, 6) is 4.79. The van der Waals surface area contributed by atoms with Gasteiger partial charge in [-0.2, -0.15) is 0 Å². The Bertz CT molecular complexity index is 1040. The molecule has 0 aliphatic heterocycles. The van der Waals surface area contributed by atoms with Gasteiger partial charge in [0.2, 0.25) is 0 Å². The van der Waals surface area contributed by atoms with E-state index in [0.717, 1.165) is 29.0 Å². The highest BCUT2D eigenvalue weighted by Crippen LogP contribution is 2.24. The lowest BCUT2D eigenvalue weighted by molar-refractivity contribution is -0.136. The van der Waals surface area contributed by atoms with Gasteiger partial charge in [0.1, 0.15) is 0 Å². The van der Waals surface area contributed by atoms with Crippen LogP contribution in [-0.4, -0.2) is 29.5 Å². The van der Waals surface area contributed by atoms with Gasteiger partial charge < -0.3 is 15.8 Å². The fourth-order valence-corrected chi connectivity index (χ4v) is 4.05. The summed E-state index contributed by atoms with van der Waals surface area (Å²) in [6.07, 6.45) is 0.759. The summed E-state index contributed by atoms with van der Waals surface area (Å²) >= 11 is 1.71. The summed E-state index contributed by atoms with van der Waals surface area (Å²) in [4.78, 5) is 11.9. The number of benzene rings is 3. The van der Waals surface area contributed by atoms with Crippen molar-refractivity contribution in [1.82, 2.24) is 4.31 Å². The van der Waals surface area contributed by atoms with Gasteiger partial charge in [-0.25, -0.2) is 10.1 Å². The number of carbonyl (C=O) groups is 1. The van der Waals surface area contributed by atoms with Crippen molar-refractivity contribution in [3.05, 3.63) is 89.0 Å². The number of hydrazine groups is 1. The zero-order valence-corrected chi connectivity index (χ0v) is 20.6. The maximum atomic E-state index is 10.7. The van der Waals surface area contributed by atoms with Gasteiger partial charge in [0, 0.05) is 24.9 Å². The molecule has 0 bridgehead atoms. The second kappa shape index (κ2) is 12.9. The highest BCUT2D eigenvalue weighted by molar-refractivity contribution is 7.97. The highest BCUT2D eigenvalue weighted by atomic mass is 32.2. The van der Waals surface area contributed by atoms with Crippen LogP contribution in [0.1, 0.15) is 28.7 Å². The van der Waals surface area contributed by atoms with Crippen LogP contribution in [0.15, 0.2) is 71.6 Å². The number of aliphatic carboxylic acids is 1. The summed E-state index contributed by atoms with van der Waals surface area (Å²) in [6, 6.07) is 22.3. The fraction of sp³-hybridized carbons (Fsp3) is 0.269. The molecule has 0 aliphatic carbocycles. The number of aryl methyl sites for hydroxylation is 3. The molecule has 0 fully saturated rings. The number of carboxylic acids is 1. The van der Waals surface area contributed by atoms with Crippen molar-refractivity contribution < 1.29 is 9.90 Å². The maximum Gasteiger partial charge on any atom is 0.303 e. The normalized spacial score (nSPS) is 10.5. The lowest BCUT2D eigenvalue weighted by Gasteiger charge is -2.17. The smallest absolute Gasteiger partial charge is 0.303 e. The molecule has 0 aliphatic rings. The number of rotatable bonds is 8. The molecule has 33 heavy (non-hydrogen) atoms. The standard InChI is InChI=1S/C18H21NO2S.C8H13N3/c1-14-8-9-15(10-11-18(20)21)12-16(14)13-19(2)22-17-6-4-3-5-7-17;1-6-4-3-5-7(8(6)9)11(2)10/h3-9,12H,10-11,13H2,1-2H3,(H,20,21);3-5H,9-10H2,1-2H3. The fourth-order valence-electron chi connectivity index (χ4n) is 3.21. The molecule has 3 aromatic rings. The van der Waals surface area contributed by atoms with Crippen LogP contribution in [0.5, 0.6) is 0 Å². The largest absolute Gasteiger partial charge is 0.481 e. The van der Waals surface area contributed by atoms with Crippen LogP contribution < -0.4 is 16.6 Å². The van der Waals surface area contributed by atoms with Crippen LogP contribution >= 0.6 is 11.9 Å². The summed E-state index contributed by atoms with van der Waals surface area (Å²) in [7, 11) is 3.84. The van der Waals surface area contributed by atoms with Crippen molar-refractivity contribution >= 4 is 29.3 Å². The van der Waals surface area contributed by atoms with Crippen molar-refractivity contribution in [2.45, 2.75) is 38.1 Å². The topological polar surface area (TPSA) is 95.8 Å². The molecular weight excluding hydrogens is 432 g/mol. The third-order valence-electron chi connectivity index (χ3n) is 5.12. The van der Waals surface area contributed by atoms with E-state index in [1.807, 2.05) is 49.4 Å².